The molecule has 3 nitrogen and oxygen atoms in total. The Bertz CT molecular complexity index is 511. The second kappa shape index (κ2) is 5.06. The van der Waals surface area contributed by atoms with Crippen molar-refractivity contribution in [3.63, 3.8) is 0 Å². The maximum atomic E-state index is 5.78. The van der Waals surface area contributed by atoms with Gasteiger partial charge in [-0.15, -0.1) is 0 Å². The van der Waals surface area contributed by atoms with E-state index in [0.717, 1.165) is 22.8 Å². The third-order valence-electron chi connectivity index (χ3n) is 2.35. The molecule has 1 aromatic carbocycles. The van der Waals surface area contributed by atoms with Crippen molar-refractivity contribution < 1.29 is 4.74 Å². The molecule has 1 heterocycles. The van der Waals surface area contributed by atoms with Gasteiger partial charge in [-0.25, -0.2) is 4.98 Å². The Balaban J connectivity index is 2.28. The first-order valence-electron chi connectivity index (χ1n) is 5.22. The van der Waals surface area contributed by atoms with Crippen molar-refractivity contribution in [2.24, 2.45) is 0 Å². The first-order valence-corrected chi connectivity index (χ1v) is 5.60. The number of methoxy groups -OCH3 is 1. The molecule has 0 unspecified atom stereocenters. The number of anilines is 2. The van der Waals surface area contributed by atoms with Crippen molar-refractivity contribution in [1.82, 2.24) is 4.98 Å². The average molecular weight is 249 g/mol. The normalized spacial score (nSPS) is 10.1. The largest absolute Gasteiger partial charge is 0.495 e. The molecule has 0 amide bonds. The van der Waals surface area contributed by atoms with Crippen LogP contribution in [-0.2, 0) is 0 Å². The summed E-state index contributed by atoms with van der Waals surface area (Å²) in [4.78, 5) is 4.18. The Labute approximate surface area is 105 Å². The second-order valence-electron chi connectivity index (χ2n) is 3.69. The van der Waals surface area contributed by atoms with Gasteiger partial charge in [0.2, 0.25) is 0 Å². The molecule has 0 atom stereocenters. The van der Waals surface area contributed by atoms with E-state index in [2.05, 4.69) is 10.3 Å². The lowest BCUT2D eigenvalue weighted by molar-refractivity contribution is 0.416. The van der Waals surface area contributed by atoms with E-state index in [9.17, 15) is 0 Å². The summed E-state index contributed by atoms with van der Waals surface area (Å²) in [5, 5.41) is 3.81. The quantitative estimate of drug-likeness (QED) is 0.897. The van der Waals surface area contributed by atoms with Crippen molar-refractivity contribution in [2.75, 3.05) is 12.4 Å². The summed E-state index contributed by atoms with van der Waals surface area (Å²) >= 11 is 5.78. The number of nitrogens with zero attached hydrogens (tertiary/aromatic N) is 1. The summed E-state index contributed by atoms with van der Waals surface area (Å²) in [5.74, 6) is 1.52. The fourth-order valence-electron chi connectivity index (χ4n) is 1.51. The number of hydrogen-bond acceptors (Lipinski definition) is 3. The van der Waals surface area contributed by atoms with Gasteiger partial charge < -0.3 is 10.1 Å². The van der Waals surface area contributed by atoms with Gasteiger partial charge in [-0.2, -0.15) is 0 Å². The molecule has 17 heavy (non-hydrogen) atoms. The number of hydrogen-bond donors (Lipinski definition) is 1. The van der Waals surface area contributed by atoms with Gasteiger partial charge in [-0.05, 0) is 36.8 Å². The maximum Gasteiger partial charge on any atom is 0.142 e. The van der Waals surface area contributed by atoms with E-state index in [-0.39, 0.29) is 0 Å². The van der Waals surface area contributed by atoms with Crippen LogP contribution in [0.3, 0.4) is 0 Å². The highest BCUT2D eigenvalue weighted by molar-refractivity contribution is 6.30. The molecule has 2 rings (SSSR count). The Morgan fingerprint density at radius 3 is 2.71 bits per heavy atom. The summed E-state index contributed by atoms with van der Waals surface area (Å²) in [6.45, 7) is 2.03. The van der Waals surface area contributed by atoms with E-state index in [1.54, 1.807) is 19.4 Å². The smallest absolute Gasteiger partial charge is 0.142 e. The Hall–Kier alpha value is -1.74. The monoisotopic (exact) mass is 248 g/mol. The molecule has 0 radical (unpaired) electrons. The molecule has 0 fully saturated rings. The fourth-order valence-corrected chi connectivity index (χ4v) is 1.62. The van der Waals surface area contributed by atoms with Gasteiger partial charge in [0.15, 0.2) is 0 Å². The van der Waals surface area contributed by atoms with Crippen LogP contribution < -0.4 is 10.1 Å². The Morgan fingerprint density at radius 1 is 1.24 bits per heavy atom. The molecular weight excluding hydrogens is 236 g/mol. The molecule has 0 saturated carbocycles. The summed E-state index contributed by atoms with van der Waals surface area (Å²) in [6, 6.07) is 9.55. The molecule has 0 saturated heterocycles. The van der Waals surface area contributed by atoms with E-state index in [4.69, 9.17) is 16.3 Å². The van der Waals surface area contributed by atoms with Gasteiger partial charge in [-0.1, -0.05) is 17.7 Å². The van der Waals surface area contributed by atoms with Crippen LogP contribution in [-0.4, -0.2) is 12.1 Å². The summed E-state index contributed by atoms with van der Waals surface area (Å²) in [6.07, 6.45) is 1.60. The third kappa shape index (κ3) is 2.88. The fraction of sp³-hybridized carbons (Fsp3) is 0.154. The molecule has 0 aliphatic rings. The van der Waals surface area contributed by atoms with Crippen LogP contribution in [0.2, 0.25) is 5.02 Å². The van der Waals surface area contributed by atoms with Crippen LogP contribution in [0.25, 0.3) is 0 Å². The van der Waals surface area contributed by atoms with Crippen LogP contribution >= 0.6 is 11.6 Å². The predicted molar refractivity (Wildman–Crippen MR) is 70.3 cm³/mol. The van der Waals surface area contributed by atoms with Gasteiger partial charge in [-0.3, -0.25) is 0 Å². The minimum atomic E-state index is 0.617. The maximum absolute atomic E-state index is 5.78. The lowest BCUT2D eigenvalue weighted by atomic mass is 10.2. The average Bonchev–Trinajstić information content (AvgIpc) is 2.32. The summed E-state index contributed by atoms with van der Waals surface area (Å²) in [7, 11) is 1.64. The Morgan fingerprint density at radius 2 is 2.06 bits per heavy atom. The molecule has 2 aromatic rings. The third-order valence-corrected chi connectivity index (χ3v) is 2.57. The van der Waals surface area contributed by atoms with Crippen LogP contribution in [0.4, 0.5) is 11.5 Å². The topological polar surface area (TPSA) is 34.1 Å². The highest BCUT2D eigenvalue weighted by atomic mass is 35.5. The molecule has 1 N–H and O–H groups in total. The second-order valence-corrected chi connectivity index (χ2v) is 4.13. The number of nitrogens with one attached hydrogen (secondary N) is 1. The highest BCUT2D eigenvalue weighted by Crippen LogP contribution is 2.27. The van der Waals surface area contributed by atoms with E-state index >= 15 is 0 Å². The molecule has 0 aliphatic carbocycles. The van der Waals surface area contributed by atoms with Gasteiger partial charge in [0, 0.05) is 6.20 Å². The number of halogens is 1. The van der Waals surface area contributed by atoms with Gasteiger partial charge in [0.25, 0.3) is 0 Å². The standard InChI is InChI=1S/C13H13ClN2O/c1-9-3-5-12(17-2)11(7-9)16-13-6-4-10(14)8-15-13/h3-8H,1-2H3,(H,15,16). The zero-order chi connectivity index (χ0) is 12.3. The van der Waals surface area contributed by atoms with Crippen molar-refractivity contribution in [3.05, 3.63) is 47.1 Å². The van der Waals surface area contributed by atoms with Crippen LogP contribution in [0, 0.1) is 6.92 Å². The SMILES string of the molecule is COc1ccc(C)cc1Nc1ccc(Cl)cn1. The summed E-state index contributed by atoms with van der Waals surface area (Å²) < 4.78 is 5.28. The lowest BCUT2D eigenvalue weighted by Gasteiger charge is -2.11. The minimum Gasteiger partial charge on any atom is -0.495 e. The number of aryl methyl sites for hydroxylation is 1. The minimum absolute atomic E-state index is 0.617. The number of pyridine rings is 1. The Kier molecular flexibility index (Phi) is 3.49. The van der Waals surface area contributed by atoms with Crippen molar-refractivity contribution in [3.8, 4) is 5.75 Å². The van der Waals surface area contributed by atoms with E-state index in [1.807, 2.05) is 31.2 Å². The van der Waals surface area contributed by atoms with Crippen LogP contribution in [0.5, 0.6) is 5.75 Å². The number of rotatable bonds is 3. The van der Waals surface area contributed by atoms with Crippen molar-refractivity contribution in [1.29, 1.82) is 0 Å². The molecule has 0 aliphatic heterocycles. The van der Waals surface area contributed by atoms with Crippen LogP contribution in [0.15, 0.2) is 36.5 Å². The van der Waals surface area contributed by atoms with Gasteiger partial charge in [0.05, 0.1) is 17.8 Å². The van der Waals surface area contributed by atoms with E-state index in [1.165, 1.54) is 0 Å². The molecule has 88 valence electrons. The number of ether oxygens (including phenoxy) is 1. The zero-order valence-corrected chi connectivity index (χ0v) is 10.5. The molecule has 4 heteroatoms. The van der Waals surface area contributed by atoms with Crippen molar-refractivity contribution in [2.45, 2.75) is 6.92 Å². The molecule has 1 aromatic heterocycles. The van der Waals surface area contributed by atoms with Crippen molar-refractivity contribution >= 4 is 23.1 Å². The number of benzene rings is 1. The van der Waals surface area contributed by atoms with E-state index in [0.29, 0.717) is 5.02 Å². The number of aromatic nitrogens is 1. The van der Waals surface area contributed by atoms with E-state index < -0.39 is 0 Å². The first kappa shape index (κ1) is 11.7. The first-order chi connectivity index (χ1) is 8.19. The van der Waals surface area contributed by atoms with Crippen LogP contribution in [0.1, 0.15) is 5.56 Å². The summed E-state index contributed by atoms with van der Waals surface area (Å²) in [5.41, 5.74) is 2.05. The zero-order valence-electron chi connectivity index (χ0n) is 9.70. The molecular formula is C13H13ClN2O. The highest BCUT2D eigenvalue weighted by Gasteiger charge is 2.03. The molecule has 0 spiro atoms. The van der Waals surface area contributed by atoms with Gasteiger partial charge >= 0.3 is 0 Å². The lowest BCUT2D eigenvalue weighted by Crippen LogP contribution is -1.96. The predicted octanol–water partition coefficient (Wildman–Crippen LogP) is 3.80. The molecule has 0 bridgehead atoms. The van der Waals surface area contributed by atoms with Gasteiger partial charge in [0.1, 0.15) is 11.6 Å².